The van der Waals surface area contributed by atoms with Gasteiger partial charge in [-0.05, 0) is 121 Å². The van der Waals surface area contributed by atoms with Crippen molar-refractivity contribution in [2.45, 2.75) is 112 Å². The summed E-state index contributed by atoms with van der Waals surface area (Å²) in [7, 11) is 0. The lowest BCUT2D eigenvalue weighted by molar-refractivity contribution is -0.0886. The van der Waals surface area contributed by atoms with Crippen LogP contribution in [0.3, 0.4) is 0 Å². The van der Waals surface area contributed by atoms with E-state index in [4.69, 9.17) is 0 Å². The third-order valence-corrected chi connectivity index (χ3v) is 12.8. The van der Waals surface area contributed by atoms with Crippen LogP contribution in [0.4, 0.5) is 0 Å². The molecule has 4 saturated carbocycles. The number of hydrogen-bond donors (Lipinski definition) is 2. The summed E-state index contributed by atoms with van der Waals surface area (Å²) in [6.07, 6.45) is 11.1. The van der Waals surface area contributed by atoms with Crippen LogP contribution in [0.25, 0.3) is 0 Å². The molecule has 2 N–H and O–H groups in total. The molecule has 0 amide bonds. The van der Waals surface area contributed by atoms with E-state index in [1.807, 2.05) is 6.08 Å². The predicted octanol–water partition coefficient (Wildman–Crippen LogP) is 6.85. The normalized spacial score (nSPS) is 54.3. The molecular formula is C30H50O2. The lowest BCUT2D eigenvalue weighted by atomic mass is 9.46. The van der Waals surface area contributed by atoms with Crippen molar-refractivity contribution in [3.05, 3.63) is 11.6 Å². The Bertz CT molecular complexity index is 771. The second-order valence-corrected chi connectivity index (χ2v) is 14.2. The van der Waals surface area contributed by atoms with E-state index in [2.05, 4.69) is 48.5 Å². The van der Waals surface area contributed by atoms with Gasteiger partial charge in [-0.3, -0.25) is 0 Å². The van der Waals surface area contributed by atoms with Crippen LogP contribution in [0.2, 0.25) is 0 Å². The molecule has 0 aliphatic heterocycles. The number of rotatable bonds is 4. The molecule has 12 atom stereocenters. The highest BCUT2D eigenvalue weighted by Gasteiger charge is 2.64. The summed E-state index contributed by atoms with van der Waals surface area (Å²) in [4.78, 5) is 0. The first-order valence-corrected chi connectivity index (χ1v) is 14.0. The Balaban J connectivity index is 1.37. The zero-order chi connectivity index (χ0) is 23.2. The molecule has 0 saturated heterocycles. The highest BCUT2D eigenvalue weighted by atomic mass is 16.3. The van der Waals surface area contributed by atoms with Gasteiger partial charge in [0.2, 0.25) is 0 Å². The zero-order valence-electron chi connectivity index (χ0n) is 21.9. The molecule has 5 rings (SSSR count). The van der Waals surface area contributed by atoms with Gasteiger partial charge in [0.15, 0.2) is 0 Å². The molecule has 0 bridgehead atoms. The van der Waals surface area contributed by atoms with Crippen molar-refractivity contribution in [2.24, 2.45) is 63.6 Å². The quantitative estimate of drug-likeness (QED) is 0.467. The van der Waals surface area contributed by atoms with Gasteiger partial charge in [0.25, 0.3) is 0 Å². The standard InChI is InChI=1S/C30H50O2/c1-17(2)19(4)30(7)16-26(30)18(3)22-8-9-23-21-15-27(32)25-14-20(31)10-12-29(25,6)24(21)11-13-28(22,23)5/h14,17-24,26-27,31-32H,8-13,15-16H2,1-7H3/t18-,19+,20+,21-,22+,23-,24-,26+,27+,28+,29+,30+/m0/s1. The fraction of sp³-hybridized carbons (Fsp3) is 0.933. The van der Waals surface area contributed by atoms with Crippen LogP contribution in [-0.2, 0) is 0 Å². The monoisotopic (exact) mass is 442 g/mol. The minimum Gasteiger partial charge on any atom is -0.389 e. The smallest absolute Gasteiger partial charge is 0.0759 e. The molecule has 0 unspecified atom stereocenters. The Morgan fingerprint density at radius 3 is 2.28 bits per heavy atom. The first-order valence-electron chi connectivity index (χ1n) is 14.0. The number of fused-ring (bicyclic) bond motifs is 5. The van der Waals surface area contributed by atoms with Gasteiger partial charge < -0.3 is 10.2 Å². The Labute approximate surface area is 197 Å². The number of aliphatic hydroxyl groups is 2. The second kappa shape index (κ2) is 7.58. The van der Waals surface area contributed by atoms with Crippen molar-refractivity contribution in [3.63, 3.8) is 0 Å². The Hall–Kier alpha value is -0.340. The molecule has 0 aromatic heterocycles. The van der Waals surface area contributed by atoms with E-state index in [0.717, 1.165) is 54.8 Å². The van der Waals surface area contributed by atoms with Crippen molar-refractivity contribution in [2.75, 3.05) is 0 Å². The molecule has 182 valence electrons. The SMILES string of the molecule is CC(C)[C@@H](C)[C@@]1(C)C[C@@H]1[C@@H](C)[C@H]1CC[C@H]2[C@@H]3C[C@@H](O)C4=C[C@H](O)CC[C@]4(C)[C@H]3CC[C@]12C. The molecule has 0 aromatic rings. The summed E-state index contributed by atoms with van der Waals surface area (Å²) in [6, 6.07) is 0. The fourth-order valence-electron chi connectivity index (χ4n) is 10.4. The van der Waals surface area contributed by atoms with Gasteiger partial charge in [0.05, 0.1) is 12.2 Å². The van der Waals surface area contributed by atoms with Crippen LogP contribution in [0.15, 0.2) is 11.6 Å². The van der Waals surface area contributed by atoms with Gasteiger partial charge in [-0.1, -0.05) is 54.5 Å². The molecule has 2 nitrogen and oxygen atoms in total. The van der Waals surface area contributed by atoms with E-state index in [9.17, 15) is 10.2 Å². The Morgan fingerprint density at radius 1 is 0.875 bits per heavy atom. The second-order valence-electron chi connectivity index (χ2n) is 14.2. The van der Waals surface area contributed by atoms with Crippen LogP contribution >= 0.6 is 0 Å². The summed E-state index contributed by atoms with van der Waals surface area (Å²) in [5, 5.41) is 21.5. The first-order chi connectivity index (χ1) is 14.9. The molecule has 0 radical (unpaired) electrons. The summed E-state index contributed by atoms with van der Waals surface area (Å²) >= 11 is 0. The van der Waals surface area contributed by atoms with Crippen molar-refractivity contribution < 1.29 is 10.2 Å². The molecule has 32 heavy (non-hydrogen) atoms. The summed E-state index contributed by atoms with van der Waals surface area (Å²) in [5.74, 6) is 6.33. The van der Waals surface area contributed by atoms with Crippen LogP contribution in [0.5, 0.6) is 0 Å². The molecule has 5 aliphatic rings. The van der Waals surface area contributed by atoms with Crippen molar-refractivity contribution in [1.29, 1.82) is 0 Å². The molecule has 0 heterocycles. The fourth-order valence-corrected chi connectivity index (χ4v) is 10.4. The van der Waals surface area contributed by atoms with Crippen LogP contribution in [-0.4, -0.2) is 22.4 Å². The maximum atomic E-state index is 11.2. The van der Waals surface area contributed by atoms with E-state index < -0.39 is 0 Å². The van der Waals surface area contributed by atoms with E-state index in [0.29, 0.717) is 22.7 Å². The zero-order valence-corrected chi connectivity index (χ0v) is 21.9. The number of aliphatic hydroxyl groups excluding tert-OH is 2. The maximum Gasteiger partial charge on any atom is 0.0759 e. The van der Waals surface area contributed by atoms with Crippen LogP contribution in [0.1, 0.15) is 99.8 Å². The average molecular weight is 443 g/mol. The largest absolute Gasteiger partial charge is 0.389 e. The van der Waals surface area contributed by atoms with Gasteiger partial charge in [-0.25, -0.2) is 0 Å². The van der Waals surface area contributed by atoms with Crippen molar-refractivity contribution >= 4 is 0 Å². The summed E-state index contributed by atoms with van der Waals surface area (Å²) in [5.41, 5.74) is 2.29. The average Bonchev–Trinajstić information content (AvgIpc) is 3.30. The van der Waals surface area contributed by atoms with Gasteiger partial charge in [0.1, 0.15) is 0 Å². The molecular weight excluding hydrogens is 392 g/mol. The summed E-state index contributed by atoms with van der Waals surface area (Å²) < 4.78 is 0. The van der Waals surface area contributed by atoms with Gasteiger partial charge in [-0.15, -0.1) is 0 Å². The van der Waals surface area contributed by atoms with E-state index in [1.165, 1.54) is 37.7 Å². The molecule has 2 heteroatoms. The lowest BCUT2D eigenvalue weighted by Gasteiger charge is -2.60. The Morgan fingerprint density at radius 2 is 1.59 bits per heavy atom. The minimum absolute atomic E-state index is 0.106. The van der Waals surface area contributed by atoms with E-state index in [-0.39, 0.29) is 17.6 Å². The van der Waals surface area contributed by atoms with Gasteiger partial charge in [0, 0.05) is 0 Å². The van der Waals surface area contributed by atoms with Crippen molar-refractivity contribution in [3.8, 4) is 0 Å². The predicted molar refractivity (Wildman–Crippen MR) is 132 cm³/mol. The third-order valence-electron chi connectivity index (χ3n) is 12.8. The van der Waals surface area contributed by atoms with E-state index in [1.54, 1.807) is 0 Å². The maximum absolute atomic E-state index is 11.2. The minimum atomic E-state index is -0.351. The highest BCUT2D eigenvalue weighted by molar-refractivity contribution is 5.29. The van der Waals surface area contributed by atoms with Gasteiger partial charge >= 0.3 is 0 Å². The molecule has 4 fully saturated rings. The van der Waals surface area contributed by atoms with Gasteiger partial charge in [-0.2, -0.15) is 0 Å². The number of hydrogen-bond acceptors (Lipinski definition) is 2. The molecule has 0 spiro atoms. The molecule has 0 aromatic carbocycles. The first kappa shape index (κ1) is 23.4. The van der Waals surface area contributed by atoms with Crippen LogP contribution < -0.4 is 0 Å². The summed E-state index contributed by atoms with van der Waals surface area (Å²) in [6.45, 7) is 17.6. The highest BCUT2D eigenvalue weighted by Crippen LogP contribution is 2.71. The lowest BCUT2D eigenvalue weighted by Crippen LogP contribution is -2.54. The van der Waals surface area contributed by atoms with Crippen LogP contribution in [0, 0.1) is 63.6 Å². The van der Waals surface area contributed by atoms with Crippen molar-refractivity contribution in [1.82, 2.24) is 0 Å². The topological polar surface area (TPSA) is 40.5 Å². The third kappa shape index (κ3) is 3.17. The Kier molecular flexibility index (Phi) is 5.54. The van der Waals surface area contributed by atoms with E-state index >= 15 is 0 Å². The molecule has 5 aliphatic carbocycles.